The van der Waals surface area contributed by atoms with Crippen LogP contribution in [0, 0.1) is 0 Å². The average molecular weight is 450 g/mol. The molecule has 4 heteroatoms. The molecule has 0 fully saturated rings. The number of benzene rings is 2. The van der Waals surface area contributed by atoms with Crippen LogP contribution < -0.4 is 24.8 Å². The number of allylic oxidation sites excluding steroid dienone is 4. The van der Waals surface area contributed by atoms with Crippen molar-refractivity contribution < 1.29 is 48.1 Å². The zero-order valence-corrected chi connectivity index (χ0v) is 18.7. The van der Waals surface area contributed by atoms with Crippen molar-refractivity contribution in [3.8, 4) is 0 Å². The number of rotatable bonds is 1. The van der Waals surface area contributed by atoms with Gasteiger partial charge in [-0.15, -0.1) is 33.7 Å². The van der Waals surface area contributed by atoms with E-state index in [1.165, 1.54) is 27.1 Å². The van der Waals surface area contributed by atoms with Crippen LogP contribution in [0.15, 0.2) is 72.8 Å². The van der Waals surface area contributed by atoms with Gasteiger partial charge in [0.2, 0.25) is 0 Å². The maximum atomic E-state index is 2.32. The van der Waals surface area contributed by atoms with E-state index in [4.69, 9.17) is 0 Å². The van der Waals surface area contributed by atoms with Crippen molar-refractivity contribution in [3.05, 3.63) is 78.4 Å². The molecule has 0 radical (unpaired) electrons. The largest absolute Gasteiger partial charge is 1.00 e. The number of fused-ring (bicyclic) bond motifs is 3. The van der Waals surface area contributed by atoms with E-state index >= 15 is 0 Å². The second-order valence-electron chi connectivity index (χ2n) is 5.84. The maximum Gasteiger partial charge on any atom is -1.00 e. The summed E-state index contributed by atoms with van der Waals surface area (Å²) in [5, 5.41) is 5.46. The maximum absolute atomic E-state index is 2.32. The summed E-state index contributed by atoms with van der Waals surface area (Å²) in [6.45, 7) is 4.62. The Morgan fingerprint density at radius 1 is 0.875 bits per heavy atom. The van der Waals surface area contributed by atoms with Gasteiger partial charge in [-0.2, -0.15) is 0 Å². The van der Waals surface area contributed by atoms with Crippen LogP contribution in [0.3, 0.4) is 0 Å². The van der Waals surface area contributed by atoms with Gasteiger partial charge < -0.3 is 24.8 Å². The van der Waals surface area contributed by atoms with Crippen LogP contribution in [-0.2, 0) is 23.3 Å². The third-order valence-corrected chi connectivity index (χ3v) is 3.80. The fourth-order valence-electron chi connectivity index (χ4n) is 2.93. The Labute approximate surface area is 171 Å². The van der Waals surface area contributed by atoms with Gasteiger partial charge in [0, 0.05) is 0 Å². The Bertz CT molecular complexity index is 877. The number of hydrogen-bond acceptors (Lipinski definition) is 0. The van der Waals surface area contributed by atoms with Crippen LogP contribution in [0.2, 0.25) is 13.1 Å². The molecule has 122 valence electrons. The minimum Gasteiger partial charge on any atom is -1.00 e. The molecular formula is C20H19Cl2SiZr-. The second kappa shape index (κ2) is 9.82. The Morgan fingerprint density at radius 2 is 1.46 bits per heavy atom. The molecule has 0 aliphatic heterocycles. The van der Waals surface area contributed by atoms with E-state index in [0.717, 1.165) is 0 Å². The first-order chi connectivity index (χ1) is 10.7. The summed E-state index contributed by atoms with van der Waals surface area (Å²) < 4.78 is 0. The molecule has 4 rings (SSSR count). The molecule has 3 aromatic rings. The molecule has 0 nitrogen and oxygen atoms in total. The van der Waals surface area contributed by atoms with Gasteiger partial charge in [0.1, 0.15) is 0 Å². The molecule has 0 unspecified atom stereocenters. The zero-order chi connectivity index (χ0) is 15.5. The van der Waals surface area contributed by atoms with Crippen molar-refractivity contribution in [3.63, 3.8) is 0 Å². The quantitative estimate of drug-likeness (QED) is 0.354. The SMILES string of the molecule is C1=CC(c2cccc3c2[cH-]c2ccccc23)C=C1.C[Si](C)=[Zr+2].[Cl-].[Cl-]. The molecule has 1 aliphatic rings. The van der Waals surface area contributed by atoms with Gasteiger partial charge in [0.05, 0.1) is 0 Å². The van der Waals surface area contributed by atoms with Gasteiger partial charge in [-0.05, 0) is 5.92 Å². The molecular weight excluding hydrogens is 430 g/mol. The Hall–Kier alpha value is -0.530. The Kier molecular flexibility index (Phi) is 8.81. The summed E-state index contributed by atoms with van der Waals surface area (Å²) in [6.07, 6.45) is 8.77. The number of hydrogen-bond donors (Lipinski definition) is 0. The molecule has 0 bridgehead atoms. The van der Waals surface area contributed by atoms with Gasteiger partial charge in [-0.1, -0.05) is 66.3 Å². The molecule has 0 spiro atoms. The van der Waals surface area contributed by atoms with Crippen molar-refractivity contribution in [2.24, 2.45) is 0 Å². The van der Waals surface area contributed by atoms with Crippen LogP contribution in [0.4, 0.5) is 0 Å². The Morgan fingerprint density at radius 3 is 2.12 bits per heavy atom. The van der Waals surface area contributed by atoms with Crippen LogP contribution >= 0.6 is 0 Å². The molecule has 0 atom stereocenters. The zero-order valence-electron chi connectivity index (χ0n) is 13.8. The van der Waals surface area contributed by atoms with Crippen LogP contribution in [0.5, 0.6) is 0 Å². The summed E-state index contributed by atoms with van der Waals surface area (Å²) in [5.74, 6) is 0.436. The fraction of sp³-hybridized carbons (Fsp3) is 0.150. The fourth-order valence-corrected chi connectivity index (χ4v) is 2.93. The van der Waals surface area contributed by atoms with Crippen LogP contribution in [0.1, 0.15) is 11.5 Å². The first-order valence-electron chi connectivity index (χ1n) is 7.60. The predicted molar refractivity (Wildman–Crippen MR) is 95.6 cm³/mol. The average Bonchev–Trinajstić information content (AvgIpc) is 3.14. The van der Waals surface area contributed by atoms with Gasteiger partial charge >= 0.3 is 41.9 Å². The molecule has 0 saturated heterocycles. The summed E-state index contributed by atoms with van der Waals surface area (Å²) in [6, 6.07) is 17.6. The van der Waals surface area contributed by atoms with E-state index in [1.54, 1.807) is 23.3 Å². The Balaban J connectivity index is 0.000000438. The van der Waals surface area contributed by atoms with Crippen molar-refractivity contribution in [2.75, 3.05) is 0 Å². The van der Waals surface area contributed by atoms with Crippen molar-refractivity contribution in [1.29, 1.82) is 0 Å². The molecule has 24 heavy (non-hydrogen) atoms. The van der Waals surface area contributed by atoms with Gasteiger partial charge in [0.15, 0.2) is 0 Å². The molecule has 0 amide bonds. The summed E-state index contributed by atoms with van der Waals surface area (Å²) in [5.41, 5.74) is 1.62. The van der Waals surface area contributed by atoms with E-state index in [-0.39, 0.29) is 30.2 Å². The van der Waals surface area contributed by atoms with Gasteiger partial charge in [-0.25, -0.2) is 0 Å². The van der Waals surface area contributed by atoms with Gasteiger partial charge in [-0.3, -0.25) is 0 Å². The van der Waals surface area contributed by atoms with Crippen LogP contribution in [-0.4, -0.2) is 5.43 Å². The minimum absolute atomic E-state index is 0. The number of halogens is 2. The summed E-state index contributed by atoms with van der Waals surface area (Å²) in [7, 11) is 0. The molecule has 0 heterocycles. The van der Waals surface area contributed by atoms with E-state index in [1.807, 2.05) is 0 Å². The minimum atomic E-state index is 0. The van der Waals surface area contributed by atoms with E-state index < -0.39 is 0 Å². The molecule has 0 N–H and O–H groups in total. The topological polar surface area (TPSA) is 0 Å². The van der Waals surface area contributed by atoms with Crippen LogP contribution in [0.25, 0.3) is 21.5 Å². The standard InChI is InChI=1S/C18H13.C2H6Si.2ClH.Zr/c1-2-7-13(6-1)15-10-5-11-17-16-9-4-3-8-14(16)12-18(15)17;1-3-2;;;/h1-13H;1-2H3;2*1H;/q-1;;;;+2/p-2. The first kappa shape index (κ1) is 21.5. The first-order valence-corrected chi connectivity index (χ1v) is 13.8. The monoisotopic (exact) mass is 447 g/mol. The smallest absolute Gasteiger partial charge is 1.00 e. The van der Waals surface area contributed by atoms with E-state index in [2.05, 4.69) is 85.9 Å². The summed E-state index contributed by atoms with van der Waals surface area (Å²) >= 11 is 1.74. The van der Waals surface area contributed by atoms with Gasteiger partial charge in [0.25, 0.3) is 0 Å². The second-order valence-corrected chi connectivity index (χ2v) is 15.2. The third kappa shape index (κ3) is 4.76. The normalized spacial score (nSPS) is 12.5. The van der Waals surface area contributed by atoms with E-state index in [0.29, 0.717) is 5.92 Å². The predicted octanol–water partition coefficient (Wildman–Crippen LogP) is -0.286. The molecule has 0 saturated carbocycles. The van der Waals surface area contributed by atoms with Crippen molar-refractivity contribution >= 4 is 27.0 Å². The van der Waals surface area contributed by atoms with E-state index in [9.17, 15) is 0 Å². The molecule has 0 aromatic heterocycles. The van der Waals surface area contributed by atoms with Crippen molar-refractivity contribution in [1.82, 2.24) is 0 Å². The molecule has 1 aliphatic carbocycles. The summed E-state index contributed by atoms with van der Waals surface area (Å²) in [4.78, 5) is 0. The van der Waals surface area contributed by atoms with Crippen molar-refractivity contribution in [2.45, 2.75) is 19.0 Å². The molecule has 3 aromatic carbocycles. The third-order valence-electron chi connectivity index (χ3n) is 3.80.